The number of ether oxygens (including phenoxy) is 1. The van der Waals surface area contributed by atoms with Gasteiger partial charge in [-0.25, -0.2) is 4.99 Å². The van der Waals surface area contributed by atoms with E-state index in [0.717, 1.165) is 9.74 Å². The summed E-state index contributed by atoms with van der Waals surface area (Å²) < 4.78 is 6.61. The Hall–Kier alpha value is -0.340. The normalized spacial score (nSPS) is 33.0. The Kier molecular flexibility index (Phi) is 5.44. The van der Waals surface area contributed by atoms with Crippen molar-refractivity contribution >= 4 is 41.6 Å². The molecule has 1 fully saturated rings. The molecule has 4 atom stereocenters. The fourth-order valence-corrected chi connectivity index (χ4v) is 3.78. The molecule has 0 spiro atoms. The molecule has 2 aliphatic rings. The lowest BCUT2D eigenvalue weighted by Gasteiger charge is -2.31. The highest BCUT2D eigenvalue weighted by Gasteiger charge is 2.45. The van der Waals surface area contributed by atoms with Gasteiger partial charge in [0.1, 0.15) is 23.9 Å². The molecule has 124 valence electrons. The van der Waals surface area contributed by atoms with Crippen molar-refractivity contribution in [3.63, 3.8) is 0 Å². The van der Waals surface area contributed by atoms with Crippen LogP contribution in [0.5, 0.6) is 0 Å². The highest BCUT2D eigenvalue weighted by molar-refractivity contribution is 14.1. The Balaban J connectivity index is 2.10. The zero-order valence-electron chi connectivity index (χ0n) is 12.8. The summed E-state index contributed by atoms with van der Waals surface area (Å²) in [6.45, 7) is 6.90. The summed E-state index contributed by atoms with van der Waals surface area (Å²) in [6.07, 6.45) is 4.38. The van der Waals surface area contributed by atoms with Crippen LogP contribution >= 0.6 is 29.5 Å². The summed E-state index contributed by atoms with van der Waals surface area (Å²) in [6, 6.07) is 0. The number of aliphatic hydroxyl groups excluding tert-OH is 2. The monoisotopic (exact) mass is 439 g/mol. The first-order valence-corrected chi connectivity index (χ1v) is 11.1. The Labute approximate surface area is 144 Å². The van der Waals surface area contributed by atoms with Gasteiger partial charge in [0.25, 0.3) is 0 Å². The summed E-state index contributed by atoms with van der Waals surface area (Å²) >= 11 is 2.06. The minimum absolute atomic E-state index is 0.384. The number of nitrogens with zero attached hydrogens (tertiary/aromatic N) is 2. The van der Waals surface area contributed by atoms with Crippen LogP contribution in [0.2, 0.25) is 0 Å². The molecule has 0 aromatic rings. The van der Waals surface area contributed by atoms with E-state index in [-0.39, 0.29) is 0 Å². The smallest absolute Gasteiger partial charge is 0.164 e. The van der Waals surface area contributed by atoms with Crippen LogP contribution in [-0.2, 0) is 4.74 Å². The predicted octanol–water partition coefficient (Wildman–Crippen LogP) is 0.953. The van der Waals surface area contributed by atoms with Gasteiger partial charge >= 0.3 is 0 Å². The SMILES string of the molecule is C=C1N=C(N)C(I)=CN1C1OC(CCP(=C)(C)C)C(O)C1O. The van der Waals surface area contributed by atoms with Crippen molar-refractivity contribution in [1.29, 1.82) is 0 Å². The van der Waals surface area contributed by atoms with E-state index >= 15 is 0 Å². The van der Waals surface area contributed by atoms with Gasteiger partial charge in [0.2, 0.25) is 0 Å². The van der Waals surface area contributed by atoms with Crippen molar-refractivity contribution in [2.24, 2.45) is 10.7 Å². The number of amidine groups is 1. The second-order valence-corrected chi connectivity index (χ2v) is 11.8. The molecular formula is C14H23IN3O3P. The number of hydrogen-bond acceptors (Lipinski definition) is 6. The van der Waals surface area contributed by atoms with Gasteiger partial charge in [-0.3, -0.25) is 0 Å². The molecule has 0 radical (unpaired) electrons. The molecular weight excluding hydrogens is 416 g/mol. The number of aliphatic hydroxyl groups is 2. The predicted molar refractivity (Wildman–Crippen MR) is 101 cm³/mol. The number of rotatable bonds is 4. The van der Waals surface area contributed by atoms with E-state index in [1.54, 1.807) is 11.1 Å². The molecule has 0 bridgehead atoms. The molecule has 2 aliphatic heterocycles. The Bertz CT molecular complexity index is 572. The van der Waals surface area contributed by atoms with Crippen LogP contribution in [0.1, 0.15) is 6.42 Å². The van der Waals surface area contributed by atoms with E-state index in [9.17, 15) is 10.2 Å². The lowest BCUT2D eigenvalue weighted by molar-refractivity contribution is -0.0578. The minimum atomic E-state index is -1.20. The molecule has 6 nitrogen and oxygen atoms in total. The second kappa shape index (κ2) is 6.65. The average molecular weight is 439 g/mol. The highest BCUT2D eigenvalue weighted by atomic mass is 127. The summed E-state index contributed by atoms with van der Waals surface area (Å²) in [7, 11) is 0. The van der Waals surface area contributed by atoms with Crippen LogP contribution in [0.3, 0.4) is 0 Å². The van der Waals surface area contributed by atoms with E-state index in [0.29, 0.717) is 18.1 Å². The average Bonchev–Trinajstić information content (AvgIpc) is 2.68. The first kappa shape index (κ1) is 18.0. The van der Waals surface area contributed by atoms with Gasteiger partial charge in [-0.15, -0.1) is 13.2 Å². The van der Waals surface area contributed by atoms with Gasteiger partial charge in [-0.05, 0) is 48.5 Å². The van der Waals surface area contributed by atoms with E-state index in [1.807, 2.05) is 0 Å². The molecule has 0 aromatic heterocycles. The lowest BCUT2D eigenvalue weighted by Crippen LogP contribution is -2.42. The molecule has 0 saturated carbocycles. The van der Waals surface area contributed by atoms with E-state index < -0.39 is 31.4 Å². The molecule has 4 N–H and O–H groups in total. The largest absolute Gasteiger partial charge is 0.388 e. The maximum Gasteiger partial charge on any atom is 0.164 e. The fourth-order valence-electron chi connectivity index (χ4n) is 2.41. The molecule has 0 amide bonds. The topological polar surface area (TPSA) is 91.3 Å². The summed E-state index contributed by atoms with van der Waals surface area (Å²) in [5.74, 6) is 0.773. The summed E-state index contributed by atoms with van der Waals surface area (Å²) in [5.41, 5.74) is 5.75. The molecule has 0 aliphatic carbocycles. The van der Waals surface area contributed by atoms with Gasteiger partial charge < -0.3 is 25.6 Å². The molecule has 22 heavy (non-hydrogen) atoms. The first-order chi connectivity index (χ1) is 10.1. The van der Waals surface area contributed by atoms with E-state index in [4.69, 9.17) is 10.5 Å². The fraction of sp³-hybridized carbons (Fsp3) is 0.571. The second-order valence-electron chi connectivity index (χ2n) is 6.29. The third-order valence-electron chi connectivity index (χ3n) is 3.67. The summed E-state index contributed by atoms with van der Waals surface area (Å²) in [4.78, 5) is 5.75. The van der Waals surface area contributed by atoms with Gasteiger partial charge in [0, 0.05) is 6.20 Å². The maximum atomic E-state index is 10.3. The first-order valence-electron chi connectivity index (χ1n) is 6.98. The van der Waals surface area contributed by atoms with Crippen molar-refractivity contribution < 1.29 is 14.9 Å². The van der Waals surface area contributed by atoms with E-state index in [1.165, 1.54) is 0 Å². The Morgan fingerprint density at radius 3 is 2.68 bits per heavy atom. The molecule has 0 aromatic carbocycles. The van der Waals surface area contributed by atoms with E-state index in [2.05, 4.69) is 53.8 Å². The van der Waals surface area contributed by atoms with Crippen LogP contribution in [0.25, 0.3) is 0 Å². The van der Waals surface area contributed by atoms with Crippen molar-refractivity contribution in [3.05, 3.63) is 22.2 Å². The van der Waals surface area contributed by atoms with Crippen LogP contribution in [0.15, 0.2) is 27.2 Å². The van der Waals surface area contributed by atoms with Crippen molar-refractivity contribution in [1.82, 2.24) is 4.90 Å². The molecule has 2 rings (SSSR count). The quantitative estimate of drug-likeness (QED) is 0.449. The van der Waals surface area contributed by atoms with Crippen LogP contribution in [-0.4, -0.2) is 71.3 Å². The number of hydrogen-bond donors (Lipinski definition) is 3. The number of nitrogens with two attached hydrogens (primary N) is 1. The molecule has 4 unspecified atom stereocenters. The van der Waals surface area contributed by atoms with Crippen LogP contribution < -0.4 is 5.73 Å². The third-order valence-corrected chi connectivity index (χ3v) is 5.98. The molecule has 2 heterocycles. The number of halogens is 1. The Morgan fingerprint density at radius 2 is 2.09 bits per heavy atom. The summed E-state index contributed by atoms with van der Waals surface area (Å²) in [5, 5.41) is 20.5. The van der Waals surface area contributed by atoms with Crippen LogP contribution in [0, 0.1) is 0 Å². The standard InChI is InChI=1S/C14H23IN3O3P/c1-8-17-13(16)9(15)7-18(8)14-12(20)11(19)10(21-14)5-6-22(2,3)4/h7,10-12,14,19-20H,1-2,5-6H2,3-4H3,(H2,16,17). The Morgan fingerprint density at radius 1 is 1.45 bits per heavy atom. The maximum absolute atomic E-state index is 10.3. The zero-order chi connectivity index (χ0) is 16.7. The molecule has 8 heteroatoms. The van der Waals surface area contributed by atoms with Gasteiger partial charge in [-0.1, -0.05) is 6.58 Å². The van der Waals surface area contributed by atoms with Crippen LogP contribution in [0.4, 0.5) is 0 Å². The van der Waals surface area contributed by atoms with Gasteiger partial charge in [0.15, 0.2) is 6.23 Å². The lowest BCUT2D eigenvalue weighted by atomic mass is 10.1. The van der Waals surface area contributed by atoms with Gasteiger partial charge in [0.05, 0.1) is 9.68 Å². The molecule has 1 saturated heterocycles. The highest BCUT2D eigenvalue weighted by Crippen LogP contribution is 2.39. The third kappa shape index (κ3) is 3.94. The van der Waals surface area contributed by atoms with Gasteiger partial charge in [-0.2, -0.15) is 0 Å². The van der Waals surface area contributed by atoms with Crippen molar-refractivity contribution in [3.8, 4) is 0 Å². The van der Waals surface area contributed by atoms with Crippen molar-refractivity contribution in [2.45, 2.75) is 31.0 Å². The zero-order valence-corrected chi connectivity index (χ0v) is 15.9. The number of aliphatic imine (C=N–C) groups is 1. The van der Waals surface area contributed by atoms with Crippen molar-refractivity contribution in [2.75, 3.05) is 19.5 Å². The minimum Gasteiger partial charge on any atom is -0.388 e.